The van der Waals surface area contributed by atoms with Crippen molar-refractivity contribution in [1.82, 2.24) is 4.72 Å². The fourth-order valence-electron chi connectivity index (χ4n) is 2.48. The van der Waals surface area contributed by atoms with Crippen LogP contribution in [-0.4, -0.2) is 15.0 Å². The fourth-order valence-corrected chi connectivity index (χ4v) is 4.61. The Morgan fingerprint density at radius 2 is 1.62 bits per heavy atom. The molecule has 0 aliphatic heterocycles. The normalized spacial score (nSPS) is 16.6. The van der Waals surface area contributed by atoms with Gasteiger partial charge >= 0.3 is 0 Å². The van der Waals surface area contributed by atoms with Gasteiger partial charge in [0.2, 0.25) is 10.0 Å². The fraction of sp³-hybridized carbons (Fsp3) is 0.250. The summed E-state index contributed by atoms with van der Waals surface area (Å²) in [5.41, 5.74) is 1.18. The van der Waals surface area contributed by atoms with Crippen molar-refractivity contribution < 1.29 is 8.42 Å². The molecule has 3 rings (SSSR count). The van der Waals surface area contributed by atoms with Gasteiger partial charge in [-0.15, -0.1) is 0 Å². The second-order valence-corrected chi connectivity index (χ2v) is 7.99. The highest BCUT2D eigenvalue weighted by Crippen LogP contribution is 2.47. The molecule has 2 aromatic carbocycles. The molecule has 0 amide bonds. The molecule has 110 valence electrons. The van der Waals surface area contributed by atoms with Crippen molar-refractivity contribution >= 4 is 26.0 Å². The zero-order chi connectivity index (χ0) is 14.9. The molecule has 0 atom stereocenters. The molecule has 0 radical (unpaired) electrons. The maximum absolute atomic E-state index is 12.4. The molecular formula is C16H16BrNO2S. The van der Waals surface area contributed by atoms with E-state index in [1.165, 1.54) is 5.56 Å². The number of benzene rings is 2. The number of hydrogen-bond donors (Lipinski definition) is 1. The molecule has 0 saturated heterocycles. The third-order valence-electron chi connectivity index (χ3n) is 3.97. The first-order valence-corrected chi connectivity index (χ1v) is 9.11. The summed E-state index contributed by atoms with van der Waals surface area (Å²) in [6.45, 7) is 0.445. The Hall–Kier alpha value is -1.17. The molecule has 2 aromatic rings. The Morgan fingerprint density at radius 1 is 1.00 bits per heavy atom. The summed E-state index contributed by atoms with van der Waals surface area (Å²) in [5.74, 6) is 0. The Labute approximate surface area is 133 Å². The van der Waals surface area contributed by atoms with Crippen molar-refractivity contribution in [3.8, 4) is 0 Å². The average molecular weight is 366 g/mol. The smallest absolute Gasteiger partial charge is 0.210 e. The summed E-state index contributed by atoms with van der Waals surface area (Å²) in [6, 6.07) is 17.0. The maximum Gasteiger partial charge on any atom is 0.241 e. The van der Waals surface area contributed by atoms with Crippen molar-refractivity contribution in [2.75, 3.05) is 6.54 Å². The minimum Gasteiger partial charge on any atom is -0.210 e. The molecule has 1 aliphatic rings. The lowest BCUT2D eigenvalue weighted by Crippen LogP contribution is -2.32. The van der Waals surface area contributed by atoms with E-state index in [1.54, 1.807) is 24.3 Å². The minimum absolute atomic E-state index is 0.0322. The summed E-state index contributed by atoms with van der Waals surface area (Å²) in [5, 5.41) is 0. The van der Waals surface area contributed by atoms with Crippen LogP contribution in [0.3, 0.4) is 0 Å². The van der Waals surface area contributed by atoms with Crippen LogP contribution in [-0.2, 0) is 15.4 Å². The predicted molar refractivity (Wildman–Crippen MR) is 86.7 cm³/mol. The molecule has 0 spiro atoms. The van der Waals surface area contributed by atoms with Crippen molar-refractivity contribution in [1.29, 1.82) is 0 Å². The second-order valence-electron chi connectivity index (χ2n) is 5.40. The van der Waals surface area contributed by atoms with E-state index in [0.29, 0.717) is 11.0 Å². The van der Waals surface area contributed by atoms with E-state index in [-0.39, 0.29) is 10.3 Å². The molecule has 0 aromatic heterocycles. The Balaban J connectivity index is 1.78. The van der Waals surface area contributed by atoms with Gasteiger partial charge in [-0.25, -0.2) is 13.1 Å². The van der Waals surface area contributed by atoms with Gasteiger partial charge in [-0.1, -0.05) is 42.5 Å². The lowest BCUT2D eigenvalue weighted by Gasteiger charge is -2.17. The highest BCUT2D eigenvalue weighted by molar-refractivity contribution is 9.10. The van der Waals surface area contributed by atoms with E-state index in [9.17, 15) is 8.42 Å². The van der Waals surface area contributed by atoms with E-state index < -0.39 is 10.0 Å². The molecular weight excluding hydrogens is 350 g/mol. The topological polar surface area (TPSA) is 46.2 Å². The summed E-state index contributed by atoms with van der Waals surface area (Å²) in [6.07, 6.45) is 2.05. The van der Waals surface area contributed by atoms with E-state index in [2.05, 4.69) is 32.8 Å². The Bertz CT molecular complexity index is 740. The SMILES string of the molecule is O=S(=O)(NCC1(c2ccccc2)CC1)c1ccccc1Br. The molecule has 21 heavy (non-hydrogen) atoms. The number of halogens is 1. The highest BCUT2D eigenvalue weighted by atomic mass is 79.9. The second kappa shape index (κ2) is 5.55. The van der Waals surface area contributed by atoms with Crippen LogP contribution in [0, 0.1) is 0 Å². The van der Waals surface area contributed by atoms with Gasteiger partial charge in [-0.2, -0.15) is 0 Å². The standard InChI is InChI=1S/C16H16BrNO2S/c17-14-8-4-5-9-15(14)21(19,20)18-12-16(10-11-16)13-6-2-1-3-7-13/h1-9,18H,10-12H2. The molecule has 1 N–H and O–H groups in total. The van der Waals surface area contributed by atoms with Gasteiger partial charge < -0.3 is 0 Å². The van der Waals surface area contributed by atoms with Gasteiger partial charge in [0.15, 0.2) is 0 Å². The van der Waals surface area contributed by atoms with Crippen LogP contribution in [0.25, 0.3) is 0 Å². The predicted octanol–water partition coefficient (Wildman–Crippen LogP) is 3.46. The van der Waals surface area contributed by atoms with Crippen LogP contribution in [0.2, 0.25) is 0 Å². The lowest BCUT2D eigenvalue weighted by molar-refractivity contribution is 0.566. The van der Waals surface area contributed by atoms with Gasteiger partial charge in [-0.3, -0.25) is 0 Å². The quantitative estimate of drug-likeness (QED) is 0.881. The molecule has 0 unspecified atom stereocenters. The molecule has 3 nitrogen and oxygen atoms in total. The maximum atomic E-state index is 12.4. The molecule has 0 bridgehead atoms. The van der Waals surface area contributed by atoms with Gasteiger partial charge in [0, 0.05) is 16.4 Å². The third kappa shape index (κ3) is 3.05. The zero-order valence-corrected chi connectivity index (χ0v) is 13.8. The molecule has 1 fully saturated rings. The third-order valence-corrected chi connectivity index (χ3v) is 6.38. The summed E-state index contributed by atoms with van der Waals surface area (Å²) in [4.78, 5) is 0.286. The first-order valence-electron chi connectivity index (χ1n) is 6.83. The monoisotopic (exact) mass is 365 g/mol. The van der Waals surface area contributed by atoms with Gasteiger partial charge in [0.25, 0.3) is 0 Å². The summed E-state index contributed by atoms with van der Waals surface area (Å²) in [7, 11) is -3.49. The van der Waals surface area contributed by atoms with Crippen molar-refractivity contribution in [3.63, 3.8) is 0 Å². The molecule has 1 aliphatic carbocycles. The Kier molecular flexibility index (Phi) is 3.90. The van der Waals surface area contributed by atoms with Crippen LogP contribution in [0.4, 0.5) is 0 Å². The van der Waals surface area contributed by atoms with E-state index in [0.717, 1.165) is 12.8 Å². The number of hydrogen-bond acceptors (Lipinski definition) is 2. The first kappa shape index (κ1) is 14.8. The highest BCUT2D eigenvalue weighted by Gasteiger charge is 2.44. The van der Waals surface area contributed by atoms with E-state index in [1.807, 2.05) is 18.2 Å². The molecule has 0 heterocycles. The van der Waals surface area contributed by atoms with Crippen LogP contribution >= 0.6 is 15.9 Å². The van der Waals surface area contributed by atoms with Crippen LogP contribution < -0.4 is 4.72 Å². The summed E-state index contributed by atoms with van der Waals surface area (Å²) >= 11 is 3.29. The number of sulfonamides is 1. The zero-order valence-electron chi connectivity index (χ0n) is 11.4. The van der Waals surface area contributed by atoms with Gasteiger partial charge in [-0.05, 0) is 46.5 Å². The van der Waals surface area contributed by atoms with Crippen molar-refractivity contribution in [2.24, 2.45) is 0 Å². The first-order chi connectivity index (χ1) is 10.0. The number of nitrogens with one attached hydrogen (secondary N) is 1. The van der Waals surface area contributed by atoms with Gasteiger partial charge in [0.05, 0.1) is 4.90 Å². The van der Waals surface area contributed by atoms with E-state index in [4.69, 9.17) is 0 Å². The average Bonchev–Trinajstić information content (AvgIpc) is 3.28. The van der Waals surface area contributed by atoms with Crippen molar-refractivity contribution in [3.05, 3.63) is 64.6 Å². The van der Waals surface area contributed by atoms with E-state index >= 15 is 0 Å². The minimum atomic E-state index is -3.49. The van der Waals surface area contributed by atoms with Crippen LogP contribution in [0.15, 0.2) is 64.0 Å². The molecule has 1 saturated carbocycles. The number of rotatable bonds is 5. The summed E-state index contributed by atoms with van der Waals surface area (Å²) < 4.78 is 28.2. The molecule has 5 heteroatoms. The van der Waals surface area contributed by atoms with Gasteiger partial charge in [0.1, 0.15) is 0 Å². The van der Waals surface area contributed by atoms with Crippen LogP contribution in [0.1, 0.15) is 18.4 Å². The largest absolute Gasteiger partial charge is 0.241 e. The van der Waals surface area contributed by atoms with Crippen molar-refractivity contribution in [2.45, 2.75) is 23.2 Å². The van der Waals surface area contributed by atoms with Crippen LogP contribution in [0.5, 0.6) is 0 Å². The Morgan fingerprint density at radius 3 is 2.24 bits per heavy atom. The lowest BCUT2D eigenvalue weighted by atomic mass is 9.96.